The molecule has 2 aromatic rings. The fourth-order valence-electron chi connectivity index (χ4n) is 2.42. The second kappa shape index (κ2) is 8.24. The van der Waals surface area contributed by atoms with Gasteiger partial charge in [0.2, 0.25) is 5.91 Å². The largest absolute Gasteiger partial charge is 0.340 e. The van der Waals surface area contributed by atoms with Crippen LogP contribution in [0.15, 0.2) is 48.5 Å². The number of benzene rings is 2. The summed E-state index contributed by atoms with van der Waals surface area (Å²) in [5.41, 5.74) is 1.39. The van der Waals surface area contributed by atoms with Crippen LogP contribution in [-0.4, -0.2) is 22.8 Å². The van der Waals surface area contributed by atoms with Crippen molar-refractivity contribution in [2.24, 2.45) is 5.92 Å². The Bertz CT molecular complexity index is 819. The molecule has 0 heterocycles. The number of hydrogen-bond acceptors (Lipinski definition) is 4. The fourth-order valence-corrected chi connectivity index (χ4v) is 2.42. The number of rotatable bonds is 6. The van der Waals surface area contributed by atoms with E-state index in [1.54, 1.807) is 43.3 Å². The zero-order valence-corrected chi connectivity index (χ0v) is 14.9. The van der Waals surface area contributed by atoms with Gasteiger partial charge in [-0.3, -0.25) is 19.7 Å². The second-order valence-corrected chi connectivity index (χ2v) is 6.31. The molecule has 2 rings (SSSR count). The summed E-state index contributed by atoms with van der Waals surface area (Å²) in [5, 5.41) is 16.3. The normalized spacial score (nSPS) is 11.7. The predicted octanol–water partition coefficient (Wildman–Crippen LogP) is 3.30. The Balaban J connectivity index is 2.18. The molecule has 2 aromatic carbocycles. The van der Waals surface area contributed by atoms with Gasteiger partial charge in [0.25, 0.3) is 11.6 Å². The predicted molar refractivity (Wildman–Crippen MR) is 99.0 cm³/mol. The van der Waals surface area contributed by atoms with Crippen LogP contribution in [0.3, 0.4) is 0 Å². The number of amides is 2. The van der Waals surface area contributed by atoms with Crippen molar-refractivity contribution < 1.29 is 14.5 Å². The number of carbonyl (C=O) groups is 2. The first-order valence-corrected chi connectivity index (χ1v) is 8.21. The zero-order chi connectivity index (χ0) is 19.3. The minimum atomic E-state index is -0.777. The van der Waals surface area contributed by atoms with Crippen LogP contribution in [0.1, 0.15) is 29.8 Å². The minimum absolute atomic E-state index is 0.111. The van der Waals surface area contributed by atoms with E-state index in [9.17, 15) is 19.7 Å². The lowest BCUT2D eigenvalue weighted by molar-refractivity contribution is -0.384. The van der Waals surface area contributed by atoms with E-state index >= 15 is 0 Å². The van der Waals surface area contributed by atoms with Crippen molar-refractivity contribution in [1.29, 1.82) is 0 Å². The van der Waals surface area contributed by atoms with E-state index in [1.807, 2.05) is 13.8 Å². The maximum absolute atomic E-state index is 12.7. The Morgan fingerprint density at radius 3 is 2.31 bits per heavy atom. The van der Waals surface area contributed by atoms with E-state index in [2.05, 4.69) is 10.6 Å². The number of carbonyl (C=O) groups excluding carboxylic acids is 2. The number of anilines is 1. The molecule has 0 aliphatic rings. The molecule has 0 fully saturated rings. The lowest BCUT2D eigenvalue weighted by Gasteiger charge is -2.22. The molecule has 2 amide bonds. The van der Waals surface area contributed by atoms with Crippen LogP contribution in [0.25, 0.3) is 0 Å². The summed E-state index contributed by atoms with van der Waals surface area (Å²) in [6, 6.07) is 12.1. The van der Waals surface area contributed by atoms with Crippen molar-refractivity contribution in [3.63, 3.8) is 0 Å². The summed E-state index contributed by atoms with van der Waals surface area (Å²) < 4.78 is 0. The average molecular weight is 355 g/mol. The molecule has 0 saturated carbocycles. The third kappa shape index (κ3) is 4.66. The van der Waals surface area contributed by atoms with Gasteiger partial charge in [0.05, 0.1) is 10.6 Å². The van der Waals surface area contributed by atoms with Crippen LogP contribution in [0, 0.1) is 23.0 Å². The fraction of sp³-hybridized carbons (Fsp3) is 0.263. The molecule has 0 radical (unpaired) electrons. The minimum Gasteiger partial charge on any atom is -0.340 e. The molecule has 0 saturated heterocycles. The third-order valence-electron chi connectivity index (χ3n) is 3.96. The van der Waals surface area contributed by atoms with Crippen LogP contribution in [-0.2, 0) is 4.79 Å². The van der Waals surface area contributed by atoms with Crippen molar-refractivity contribution in [1.82, 2.24) is 5.32 Å². The molecule has 0 bridgehead atoms. The SMILES string of the molecule is Cc1ccc([N+](=O)[O-])cc1NC(=O)[C@@H](NC(=O)c1ccccc1)C(C)C. The molecule has 2 N–H and O–H groups in total. The Morgan fingerprint density at radius 1 is 1.08 bits per heavy atom. The summed E-state index contributed by atoms with van der Waals surface area (Å²) in [4.78, 5) is 35.4. The first kappa shape index (κ1) is 19.1. The Morgan fingerprint density at radius 2 is 1.73 bits per heavy atom. The molecule has 0 aromatic heterocycles. The highest BCUT2D eigenvalue weighted by molar-refractivity contribution is 6.01. The highest BCUT2D eigenvalue weighted by Crippen LogP contribution is 2.22. The van der Waals surface area contributed by atoms with Crippen LogP contribution >= 0.6 is 0 Å². The van der Waals surface area contributed by atoms with Gasteiger partial charge in [0, 0.05) is 17.7 Å². The number of nitrogens with zero attached hydrogens (tertiary/aromatic N) is 1. The maximum Gasteiger partial charge on any atom is 0.271 e. The summed E-state index contributed by atoms with van der Waals surface area (Å²) in [5.74, 6) is -0.940. The van der Waals surface area contributed by atoms with E-state index in [0.717, 1.165) is 0 Å². The summed E-state index contributed by atoms with van der Waals surface area (Å²) >= 11 is 0. The van der Waals surface area contributed by atoms with Crippen molar-refractivity contribution in [2.75, 3.05) is 5.32 Å². The van der Waals surface area contributed by atoms with Crippen molar-refractivity contribution in [2.45, 2.75) is 26.8 Å². The molecule has 26 heavy (non-hydrogen) atoms. The van der Waals surface area contributed by atoms with Crippen LogP contribution in [0.5, 0.6) is 0 Å². The van der Waals surface area contributed by atoms with Gasteiger partial charge in [-0.25, -0.2) is 0 Å². The van der Waals surface area contributed by atoms with Crippen molar-refractivity contribution >= 4 is 23.2 Å². The van der Waals surface area contributed by atoms with Gasteiger partial charge in [0.15, 0.2) is 0 Å². The summed E-state index contributed by atoms with van der Waals surface area (Å²) in [7, 11) is 0. The van der Waals surface area contributed by atoms with Gasteiger partial charge >= 0.3 is 0 Å². The zero-order valence-electron chi connectivity index (χ0n) is 14.9. The van der Waals surface area contributed by atoms with Crippen LogP contribution in [0.2, 0.25) is 0 Å². The Hall–Kier alpha value is -3.22. The molecule has 7 nitrogen and oxygen atoms in total. The molecule has 0 aliphatic carbocycles. The molecular weight excluding hydrogens is 334 g/mol. The number of nitro benzene ring substituents is 1. The summed E-state index contributed by atoms with van der Waals surface area (Å²) in [6.45, 7) is 5.37. The average Bonchev–Trinajstić information content (AvgIpc) is 2.61. The molecule has 0 aliphatic heterocycles. The van der Waals surface area contributed by atoms with Crippen molar-refractivity contribution in [3.8, 4) is 0 Å². The Labute approximate surface area is 151 Å². The van der Waals surface area contributed by atoms with E-state index in [-0.39, 0.29) is 17.5 Å². The monoisotopic (exact) mass is 355 g/mol. The lowest BCUT2D eigenvalue weighted by Crippen LogP contribution is -2.47. The smallest absolute Gasteiger partial charge is 0.271 e. The second-order valence-electron chi connectivity index (χ2n) is 6.31. The lowest BCUT2D eigenvalue weighted by atomic mass is 10.0. The van der Waals surface area contributed by atoms with Gasteiger partial charge < -0.3 is 10.6 Å². The van der Waals surface area contributed by atoms with E-state index in [1.165, 1.54) is 12.1 Å². The van der Waals surface area contributed by atoms with Crippen LogP contribution < -0.4 is 10.6 Å². The highest BCUT2D eigenvalue weighted by atomic mass is 16.6. The maximum atomic E-state index is 12.7. The molecular formula is C19H21N3O4. The number of hydrogen-bond donors (Lipinski definition) is 2. The van der Waals surface area contributed by atoms with Crippen molar-refractivity contribution in [3.05, 3.63) is 69.8 Å². The first-order chi connectivity index (χ1) is 12.3. The van der Waals surface area contributed by atoms with Gasteiger partial charge in [-0.05, 0) is 30.5 Å². The molecule has 7 heteroatoms. The number of nitro groups is 1. The number of non-ortho nitro benzene ring substituents is 1. The third-order valence-corrected chi connectivity index (χ3v) is 3.96. The van der Waals surface area contributed by atoms with Gasteiger partial charge in [-0.15, -0.1) is 0 Å². The highest BCUT2D eigenvalue weighted by Gasteiger charge is 2.25. The van der Waals surface area contributed by atoms with E-state index < -0.39 is 16.9 Å². The van der Waals surface area contributed by atoms with Gasteiger partial charge in [-0.2, -0.15) is 0 Å². The van der Waals surface area contributed by atoms with E-state index in [0.29, 0.717) is 16.8 Å². The Kier molecular flexibility index (Phi) is 6.06. The topological polar surface area (TPSA) is 101 Å². The first-order valence-electron chi connectivity index (χ1n) is 8.21. The molecule has 0 spiro atoms. The molecule has 1 atom stereocenters. The number of nitrogens with one attached hydrogen (secondary N) is 2. The number of aryl methyl sites for hydroxylation is 1. The van der Waals surface area contributed by atoms with Gasteiger partial charge in [-0.1, -0.05) is 38.1 Å². The molecule has 136 valence electrons. The summed E-state index contributed by atoms with van der Waals surface area (Å²) in [6.07, 6.45) is 0. The quantitative estimate of drug-likeness (QED) is 0.613. The standard InChI is InChI=1S/C19H21N3O4/c1-12(2)17(21-18(23)14-7-5-4-6-8-14)19(24)20-16-11-15(22(25)26)10-9-13(16)3/h4-12,17H,1-3H3,(H,20,24)(H,21,23)/t17-/m0/s1. The van der Waals surface area contributed by atoms with Gasteiger partial charge in [0.1, 0.15) is 6.04 Å². The molecule has 0 unspecified atom stereocenters. The van der Waals surface area contributed by atoms with Crippen LogP contribution in [0.4, 0.5) is 11.4 Å². The van der Waals surface area contributed by atoms with E-state index in [4.69, 9.17) is 0 Å².